The number of hydrogen-bond acceptors (Lipinski definition) is 3. The molecule has 106 valence electrons. The van der Waals surface area contributed by atoms with Crippen LogP contribution in [0.25, 0.3) is 0 Å². The average molecular weight is 277 g/mol. The number of benzene rings is 1. The third-order valence-corrected chi connectivity index (χ3v) is 3.78. The maximum atomic E-state index is 12.0. The molecule has 2 atom stereocenters. The van der Waals surface area contributed by atoms with Gasteiger partial charge in [-0.1, -0.05) is 13.8 Å². The molecule has 1 fully saturated rings. The molecular weight excluding hydrogens is 262 g/mol. The summed E-state index contributed by atoms with van der Waals surface area (Å²) >= 11 is 0. The Hall–Kier alpha value is -2.37. The summed E-state index contributed by atoms with van der Waals surface area (Å²) < 4.78 is 0. The van der Waals surface area contributed by atoms with Crippen molar-refractivity contribution in [3.8, 4) is 0 Å². The second-order valence-electron chi connectivity index (χ2n) is 5.49. The minimum Gasteiger partial charge on any atom is -0.481 e. The van der Waals surface area contributed by atoms with Crippen LogP contribution < -0.4 is 5.32 Å². The van der Waals surface area contributed by atoms with Crippen LogP contribution in [-0.4, -0.2) is 28.1 Å². The van der Waals surface area contributed by atoms with E-state index in [2.05, 4.69) is 5.32 Å². The zero-order valence-electron chi connectivity index (χ0n) is 11.1. The third-order valence-electron chi connectivity index (χ3n) is 3.78. The molecule has 0 bridgehead atoms. The fourth-order valence-corrected chi connectivity index (χ4v) is 2.50. The second kappa shape index (κ2) is 4.63. The number of aromatic carboxylic acids is 1. The molecule has 0 unspecified atom stereocenters. The van der Waals surface area contributed by atoms with Crippen molar-refractivity contribution < 1.29 is 24.6 Å². The molecule has 0 aromatic heterocycles. The number of carbonyl (C=O) groups is 3. The van der Waals surface area contributed by atoms with Gasteiger partial charge in [-0.15, -0.1) is 0 Å². The molecule has 0 spiro atoms. The van der Waals surface area contributed by atoms with Gasteiger partial charge in [-0.2, -0.15) is 0 Å². The molecule has 0 radical (unpaired) electrons. The van der Waals surface area contributed by atoms with E-state index >= 15 is 0 Å². The molecule has 1 aliphatic carbocycles. The smallest absolute Gasteiger partial charge is 0.335 e. The molecule has 20 heavy (non-hydrogen) atoms. The van der Waals surface area contributed by atoms with E-state index in [9.17, 15) is 14.4 Å². The average Bonchev–Trinajstić information content (AvgIpc) is 2.93. The number of carboxylic acids is 2. The number of anilines is 1. The minimum absolute atomic E-state index is 0.123. The zero-order valence-corrected chi connectivity index (χ0v) is 11.1. The number of nitrogens with one attached hydrogen (secondary N) is 1. The number of aliphatic carboxylic acids is 1. The van der Waals surface area contributed by atoms with Gasteiger partial charge in [0.05, 0.1) is 17.4 Å². The van der Waals surface area contributed by atoms with Gasteiger partial charge in [-0.3, -0.25) is 9.59 Å². The predicted molar refractivity (Wildman–Crippen MR) is 70.4 cm³/mol. The molecule has 1 aliphatic rings. The summed E-state index contributed by atoms with van der Waals surface area (Å²) in [5.74, 6) is -3.63. The van der Waals surface area contributed by atoms with Gasteiger partial charge in [0, 0.05) is 5.69 Å². The lowest BCUT2D eigenvalue weighted by molar-refractivity contribution is -0.140. The van der Waals surface area contributed by atoms with Crippen LogP contribution in [0.3, 0.4) is 0 Å². The van der Waals surface area contributed by atoms with Crippen LogP contribution in [0.2, 0.25) is 0 Å². The highest BCUT2D eigenvalue weighted by molar-refractivity contribution is 6.00. The lowest BCUT2D eigenvalue weighted by Gasteiger charge is -2.06. The van der Waals surface area contributed by atoms with Crippen molar-refractivity contribution in [3.05, 3.63) is 29.8 Å². The summed E-state index contributed by atoms with van der Waals surface area (Å²) in [5.41, 5.74) is 0.0155. The number of carbonyl (C=O) groups excluding carboxylic acids is 1. The maximum absolute atomic E-state index is 12.0. The molecule has 2 rings (SSSR count). The standard InChI is InChI=1S/C14H15NO5/c1-14(2)9(10(14)13(19)20)11(16)15-8-5-3-7(4-6-8)12(17)18/h3-6,9-10H,1-2H3,(H,15,16)(H,17,18)(H,19,20)/t9-,10+/m1/s1. The fourth-order valence-electron chi connectivity index (χ4n) is 2.50. The van der Waals surface area contributed by atoms with Crippen molar-refractivity contribution in [3.63, 3.8) is 0 Å². The van der Waals surface area contributed by atoms with E-state index in [1.54, 1.807) is 13.8 Å². The summed E-state index contributed by atoms with van der Waals surface area (Å²) in [4.78, 5) is 33.8. The Morgan fingerprint density at radius 1 is 1.05 bits per heavy atom. The van der Waals surface area contributed by atoms with Crippen LogP contribution in [0.4, 0.5) is 5.69 Å². The predicted octanol–water partition coefficient (Wildman–Crippen LogP) is 1.68. The lowest BCUT2D eigenvalue weighted by atomic mass is 10.1. The second-order valence-corrected chi connectivity index (χ2v) is 5.49. The summed E-state index contributed by atoms with van der Waals surface area (Å²) in [6.07, 6.45) is 0. The highest BCUT2D eigenvalue weighted by Crippen LogP contribution is 2.58. The Morgan fingerprint density at radius 3 is 2.00 bits per heavy atom. The Balaban J connectivity index is 2.06. The molecule has 0 aliphatic heterocycles. The molecule has 1 aromatic carbocycles. The van der Waals surface area contributed by atoms with Crippen LogP contribution in [-0.2, 0) is 9.59 Å². The Morgan fingerprint density at radius 2 is 1.60 bits per heavy atom. The third kappa shape index (κ3) is 2.36. The van der Waals surface area contributed by atoms with Crippen LogP contribution in [0.5, 0.6) is 0 Å². The van der Waals surface area contributed by atoms with E-state index in [1.807, 2.05) is 0 Å². The van der Waals surface area contributed by atoms with Crippen molar-refractivity contribution in [2.24, 2.45) is 17.3 Å². The van der Waals surface area contributed by atoms with Crippen LogP contribution in [0, 0.1) is 17.3 Å². The summed E-state index contributed by atoms with van der Waals surface area (Å²) in [6, 6.07) is 5.72. The zero-order chi connectivity index (χ0) is 15.1. The van der Waals surface area contributed by atoms with E-state index in [0.717, 1.165) is 0 Å². The maximum Gasteiger partial charge on any atom is 0.335 e. The number of rotatable bonds is 4. The first-order valence-electron chi connectivity index (χ1n) is 6.12. The van der Waals surface area contributed by atoms with Crippen LogP contribution in [0.1, 0.15) is 24.2 Å². The molecule has 6 heteroatoms. The molecule has 1 amide bonds. The SMILES string of the molecule is CC1(C)[C@H](C(=O)O)[C@@H]1C(=O)Nc1ccc(C(=O)O)cc1. The van der Waals surface area contributed by atoms with Gasteiger partial charge < -0.3 is 15.5 Å². The summed E-state index contributed by atoms with van der Waals surface area (Å²) in [7, 11) is 0. The molecule has 0 saturated heterocycles. The number of amides is 1. The number of hydrogen-bond donors (Lipinski definition) is 3. The van der Waals surface area contributed by atoms with E-state index in [-0.39, 0.29) is 11.5 Å². The Bertz CT molecular complexity index is 576. The van der Waals surface area contributed by atoms with E-state index < -0.39 is 29.2 Å². The fraction of sp³-hybridized carbons (Fsp3) is 0.357. The topological polar surface area (TPSA) is 104 Å². The molecule has 1 aromatic rings. The molecular formula is C14H15NO5. The van der Waals surface area contributed by atoms with Gasteiger partial charge in [0.25, 0.3) is 0 Å². The quantitative estimate of drug-likeness (QED) is 0.776. The van der Waals surface area contributed by atoms with Crippen molar-refractivity contribution >= 4 is 23.5 Å². The van der Waals surface area contributed by atoms with E-state index in [1.165, 1.54) is 24.3 Å². The van der Waals surface area contributed by atoms with Gasteiger partial charge in [0.2, 0.25) is 5.91 Å². The molecule has 3 N–H and O–H groups in total. The normalized spacial score (nSPS) is 22.9. The van der Waals surface area contributed by atoms with Gasteiger partial charge in [0.1, 0.15) is 0 Å². The van der Waals surface area contributed by atoms with Crippen LogP contribution >= 0.6 is 0 Å². The molecule has 6 nitrogen and oxygen atoms in total. The summed E-state index contributed by atoms with van der Waals surface area (Å²) in [6.45, 7) is 3.48. The summed E-state index contributed by atoms with van der Waals surface area (Å²) in [5, 5.41) is 20.4. The largest absolute Gasteiger partial charge is 0.481 e. The first-order chi connectivity index (χ1) is 9.25. The Labute approximate surface area is 115 Å². The van der Waals surface area contributed by atoms with Gasteiger partial charge >= 0.3 is 11.9 Å². The van der Waals surface area contributed by atoms with E-state index in [4.69, 9.17) is 10.2 Å². The first-order valence-corrected chi connectivity index (χ1v) is 6.12. The number of carboxylic acid groups (broad SMARTS) is 2. The van der Waals surface area contributed by atoms with Gasteiger partial charge in [0.15, 0.2) is 0 Å². The highest BCUT2D eigenvalue weighted by Gasteiger charge is 2.65. The van der Waals surface area contributed by atoms with Crippen molar-refractivity contribution in [2.75, 3.05) is 5.32 Å². The van der Waals surface area contributed by atoms with Crippen molar-refractivity contribution in [2.45, 2.75) is 13.8 Å². The molecule has 0 heterocycles. The first kappa shape index (κ1) is 14.0. The van der Waals surface area contributed by atoms with Crippen molar-refractivity contribution in [1.82, 2.24) is 0 Å². The lowest BCUT2D eigenvalue weighted by Crippen LogP contribution is -2.17. The van der Waals surface area contributed by atoms with Crippen molar-refractivity contribution in [1.29, 1.82) is 0 Å². The highest BCUT2D eigenvalue weighted by atomic mass is 16.4. The van der Waals surface area contributed by atoms with Gasteiger partial charge in [-0.05, 0) is 29.7 Å². The minimum atomic E-state index is -1.04. The molecule has 1 saturated carbocycles. The Kier molecular flexibility index (Phi) is 3.25. The van der Waals surface area contributed by atoms with Crippen LogP contribution in [0.15, 0.2) is 24.3 Å². The monoisotopic (exact) mass is 277 g/mol. The van der Waals surface area contributed by atoms with Gasteiger partial charge in [-0.25, -0.2) is 4.79 Å². The van der Waals surface area contributed by atoms with E-state index in [0.29, 0.717) is 5.69 Å².